The van der Waals surface area contributed by atoms with E-state index in [1.54, 1.807) is 0 Å². The SMILES string of the molecule is C=C1CCCCCCS/C(NC(=O)NCc2c(-n3cccc3)sc3c2CCN(CC)C3)=C\1C(=O)OC(C)(C)C. The molecule has 7 nitrogen and oxygen atoms in total. The molecule has 9 heteroatoms. The van der Waals surface area contributed by atoms with Crippen LogP contribution >= 0.6 is 23.1 Å². The number of thioether (sulfide) groups is 1. The number of amides is 2. The van der Waals surface area contributed by atoms with Crippen molar-refractivity contribution in [2.24, 2.45) is 0 Å². The van der Waals surface area contributed by atoms with E-state index in [1.165, 1.54) is 27.8 Å². The Balaban J connectivity index is 1.57. The number of rotatable bonds is 6. The van der Waals surface area contributed by atoms with Gasteiger partial charge in [0, 0.05) is 42.5 Å². The Morgan fingerprint density at radius 2 is 1.85 bits per heavy atom. The van der Waals surface area contributed by atoms with E-state index in [-0.39, 0.29) is 6.03 Å². The lowest BCUT2D eigenvalue weighted by atomic mass is 10.0. The Kier molecular flexibility index (Phi) is 10.0. The van der Waals surface area contributed by atoms with E-state index in [9.17, 15) is 9.59 Å². The molecular formula is C30H42N4O3S2. The molecule has 0 unspecified atom stereocenters. The van der Waals surface area contributed by atoms with Crippen LogP contribution in [0.25, 0.3) is 5.00 Å². The molecule has 0 aromatic carbocycles. The molecule has 0 saturated heterocycles. The lowest BCUT2D eigenvalue weighted by Crippen LogP contribution is -2.36. The number of ether oxygens (including phenoxy) is 1. The van der Waals surface area contributed by atoms with Crippen molar-refractivity contribution < 1.29 is 14.3 Å². The molecule has 2 aromatic heterocycles. The number of nitrogens with zero attached hydrogens (tertiary/aromatic N) is 2. The van der Waals surface area contributed by atoms with Gasteiger partial charge in [0.1, 0.15) is 10.6 Å². The second-order valence-corrected chi connectivity index (χ2v) is 13.3. The Bertz CT molecular complexity index is 1210. The van der Waals surface area contributed by atoms with Gasteiger partial charge in [-0.1, -0.05) is 26.3 Å². The topological polar surface area (TPSA) is 75.6 Å². The number of hydrogen-bond donors (Lipinski definition) is 2. The van der Waals surface area contributed by atoms with E-state index in [0.29, 0.717) is 23.6 Å². The summed E-state index contributed by atoms with van der Waals surface area (Å²) in [5, 5.41) is 7.80. The minimum absolute atomic E-state index is 0.326. The molecule has 212 valence electrons. The first-order chi connectivity index (χ1) is 18.7. The van der Waals surface area contributed by atoms with Crippen molar-refractivity contribution in [1.82, 2.24) is 20.1 Å². The van der Waals surface area contributed by atoms with E-state index in [4.69, 9.17) is 4.74 Å². The summed E-state index contributed by atoms with van der Waals surface area (Å²) >= 11 is 3.31. The monoisotopic (exact) mass is 570 g/mol. The third kappa shape index (κ3) is 7.80. The van der Waals surface area contributed by atoms with Crippen molar-refractivity contribution in [3.63, 3.8) is 0 Å². The predicted octanol–water partition coefficient (Wildman–Crippen LogP) is 6.52. The molecule has 0 bridgehead atoms. The van der Waals surface area contributed by atoms with E-state index in [1.807, 2.05) is 44.2 Å². The first-order valence-electron chi connectivity index (χ1n) is 14.0. The molecule has 39 heavy (non-hydrogen) atoms. The van der Waals surface area contributed by atoms with Crippen LogP contribution in [0, 0.1) is 0 Å². The minimum atomic E-state index is -0.641. The number of esters is 1. The third-order valence-electron chi connectivity index (χ3n) is 6.97. The van der Waals surface area contributed by atoms with Crippen molar-refractivity contribution in [1.29, 1.82) is 0 Å². The quantitative estimate of drug-likeness (QED) is 0.387. The van der Waals surface area contributed by atoms with Crippen LogP contribution in [0.4, 0.5) is 4.79 Å². The first-order valence-corrected chi connectivity index (χ1v) is 15.8. The smallest absolute Gasteiger partial charge is 0.341 e. The van der Waals surface area contributed by atoms with Crippen LogP contribution in [0.1, 0.15) is 75.8 Å². The van der Waals surface area contributed by atoms with Crippen LogP contribution in [0.15, 0.2) is 47.3 Å². The molecule has 2 aliphatic heterocycles. The van der Waals surface area contributed by atoms with Gasteiger partial charge in [0.05, 0.1) is 10.6 Å². The molecular weight excluding hydrogens is 528 g/mol. The molecule has 2 aliphatic rings. The lowest BCUT2D eigenvalue weighted by molar-refractivity contribution is -0.149. The molecule has 2 aromatic rings. The minimum Gasteiger partial charge on any atom is -0.456 e. The molecule has 0 radical (unpaired) electrons. The van der Waals surface area contributed by atoms with Crippen LogP contribution in [0.2, 0.25) is 0 Å². The third-order valence-corrected chi connectivity index (χ3v) is 9.33. The average molecular weight is 571 g/mol. The van der Waals surface area contributed by atoms with Gasteiger partial charge < -0.3 is 19.9 Å². The molecule has 0 saturated carbocycles. The maximum absolute atomic E-state index is 13.3. The molecule has 0 spiro atoms. The van der Waals surface area contributed by atoms with Crippen LogP contribution in [-0.4, -0.2) is 45.9 Å². The van der Waals surface area contributed by atoms with Gasteiger partial charge in [0.15, 0.2) is 0 Å². The van der Waals surface area contributed by atoms with Gasteiger partial charge in [0.2, 0.25) is 0 Å². The second-order valence-electron chi connectivity index (χ2n) is 11.1. The fourth-order valence-electron chi connectivity index (χ4n) is 4.94. The van der Waals surface area contributed by atoms with Gasteiger partial charge in [-0.15, -0.1) is 23.1 Å². The average Bonchev–Trinajstić information content (AvgIpc) is 3.53. The normalized spacial score (nSPS) is 19.3. The number of aromatic nitrogens is 1. The number of nitrogens with one attached hydrogen (secondary N) is 2. The van der Waals surface area contributed by atoms with Gasteiger partial charge in [-0.3, -0.25) is 4.90 Å². The molecule has 0 aliphatic carbocycles. The molecule has 4 heterocycles. The van der Waals surface area contributed by atoms with E-state index < -0.39 is 11.6 Å². The van der Waals surface area contributed by atoms with Gasteiger partial charge in [-0.2, -0.15) is 0 Å². The number of fused-ring (bicyclic) bond motifs is 1. The number of hydrogen-bond acceptors (Lipinski definition) is 6. The molecule has 0 atom stereocenters. The Labute approximate surface area is 241 Å². The van der Waals surface area contributed by atoms with E-state index >= 15 is 0 Å². The summed E-state index contributed by atoms with van der Waals surface area (Å²) < 4.78 is 7.87. The fraction of sp³-hybridized carbons (Fsp3) is 0.533. The molecule has 4 rings (SSSR count). The van der Waals surface area contributed by atoms with Crippen LogP contribution < -0.4 is 10.6 Å². The number of thiophene rings is 1. The fourth-order valence-corrected chi connectivity index (χ4v) is 7.41. The van der Waals surface area contributed by atoms with E-state index in [2.05, 4.69) is 46.0 Å². The highest BCUT2D eigenvalue weighted by Crippen LogP contribution is 2.36. The first kappa shape index (κ1) is 29.5. The summed E-state index contributed by atoms with van der Waals surface area (Å²) in [6.07, 6.45) is 10.0. The summed E-state index contributed by atoms with van der Waals surface area (Å²) in [5.41, 5.74) is 2.99. The van der Waals surface area contributed by atoms with Gasteiger partial charge in [-0.05, 0) is 82.0 Å². The van der Waals surface area contributed by atoms with E-state index in [0.717, 1.165) is 68.1 Å². The maximum Gasteiger partial charge on any atom is 0.341 e. The summed E-state index contributed by atoms with van der Waals surface area (Å²) in [7, 11) is 0. The van der Waals surface area contributed by atoms with Crippen molar-refractivity contribution in [2.45, 2.75) is 84.9 Å². The Hall–Kier alpha value is -2.49. The lowest BCUT2D eigenvalue weighted by Gasteiger charge is -2.25. The summed E-state index contributed by atoms with van der Waals surface area (Å²) in [4.78, 5) is 30.4. The van der Waals surface area contributed by atoms with Crippen molar-refractivity contribution in [3.05, 3.63) is 63.3 Å². The highest BCUT2D eigenvalue weighted by atomic mass is 32.2. The van der Waals surface area contributed by atoms with Crippen molar-refractivity contribution >= 4 is 35.1 Å². The standard InChI is InChI=1S/C30H42N4O3S2/c1-6-33-17-14-22-23(27(39-24(22)20-33)34-15-10-11-16-34)19-31-29(36)32-26-25(28(35)37-30(3,4)5)21(2)13-9-7-8-12-18-38-26/h10-11,15-16H,2,6-9,12-14,17-20H2,1,3-5H3,(H2,31,32,36)/b26-25+. The summed E-state index contributed by atoms with van der Waals surface area (Å²) in [6.45, 7) is 15.4. The van der Waals surface area contributed by atoms with Crippen LogP contribution in [0.3, 0.4) is 0 Å². The molecule has 2 N–H and O–H groups in total. The zero-order valence-corrected chi connectivity index (χ0v) is 25.4. The number of carbonyl (C=O) groups is 2. The van der Waals surface area contributed by atoms with Gasteiger partial charge in [0.25, 0.3) is 0 Å². The zero-order chi connectivity index (χ0) is 28.0. The van der Waals surface area contributed by atoms with Gasteiger partial charge in [-0.25, -0.2) is 9.59 Å². The maximum atomic E-state index is 13.3. The predicted molar refractivity (Wildman–Crippen MR) is 161 cm³/mol. The Morgan fingerprint density at radius 3 is 2.56 bits per heavy atom. The summed E-state index contributed by atoms with van der Waals surface area (Å²) in [6, 6.07) is 3.72. The number of carbonyl (C=O) groups excluding carboxylic acids is 2. The number of urea groups is 1. The van der Waals surface area contributed by atoms with Crippen LogP contribution in [-0.2, 0) is 29.0 Å². The zero-order valence-electron chi connectivity index (χ0n) is 23.7. The number of likely N-dealkylation sites (N-methyl/N-ethyl adjacent to an activating group) is 1. The molecule has 0 fully saturated rings. The highest BCUT2D eigenvalue weighted by molar-refractivity contribution is 8.03. The highest BCUT2D eigenvalue weighted by Gasteiger charge is 2.28. The second kappa shape index (κ2) is 13.2. The van der Waals surface area contributed by atoms with Gasteiger partial charge >= 0.3 is 12.0 Å². The largest absolute Gasteiger partial charge is 0.456 e. The van der Waals surface area contributed by atoms with Crippen molar-refractivity contribution in [2.75, 3.05) is 18.8 Å². The Morgan fingerprint density at radius 1 is 1.10 bits per heavy atom. The van der Waals surface area contributed by atoms with Crippen LogP contribution in [0.5, 0.6) is 0 Å². The van der Waals surface area contributed by atoms with Crippen molar-refractivity contribution in [3.8, 4) is 5.00 Å². The molecule has 2 amide bonds. The summed E-state index contributed by atoms with van der Waals surface area (Å²) in [5.74, 6) is 0.386.